The molecule has 0 bridgehead atoms. The van der Waals surface area contributed by atoms with Crippen LogP contribution in [0.1, 0.15) is 62.1 Å². The number of nitrogens with one attached hydrogen (secondary N) is 2. The Morgan fingerprint density at radius 2 is 1.83 bits per heavy atom. The zero-order valence-corrected chi connectivity index (χ0v) is 17.5. The van der Waals surface area contributed by atoms with E-state index in [2.05, 4.69) is 22.4 Å². The normalized spacial score (nSPS) is 16.3. The minimum atomic E-state index is -0.478. The van der Waals surface area contributed by atoms with Gasteiger partial charge in [0.05, 0.1) is 6.04 Å². The molecule has 1 fully saturated rings. The molecule has 3 rings (SSSR count). The van der Waals surface area contributed by atoms with Crippen molar-refractivity contribution >= 4 is 12.0 Å². The van der Waals surface area contributed by atoms with Gasteiger partial charge in [0.15, 0.2) is 0 Å². The molecule has 6 heteroatoms. The molecule has 1 saturated heterocycles. The molecule has 0 radical (unpaired) electrons. The number of H-pyrrole nitrogens is 1. The number of rotatable bonds is 5. The van der Waals surface area contributed by atoms with Crippen molar-refractivity contribution in [3.63, 3.8) is 0 Å². The molecule has 6 nitrogen and oxygen atoms in total. The van der Waals surface area contributed by atoms with Gasteiger partial charge in [-0.15, -0.1) is 0 Å². The van der Waals surface area contributed by atoms with Gasteiger partial charge in [-0.25, -0.2) is 4.79 Å². The topological polar surface area (TPSA) is 74.4 Å². The van der Waals surface area contributed by atoms with Gasteiger partial charge in [0.2, 0.25) is 0 Å². The summed E-state index contributed by atoms with van der Waals surface area (Å²) in [4.78, 5) is 29.6. The van der Waals surface area contributed by atoms with E-state index in [1.807, 2.05) is 45.0 Å². The third-order valence-corrected chi connectivity index (χ3v) is 5.19. The molecule has 2 heterocycles. The fourth-order valence-corrected chi connectivity index (χ4v) is 3.68. The largest absolute Gasteiger partial charge is 0.444 e. The van der Waals surface area contributed by atoms with Gasteiger partial charge in [0.1, 0.15) is 11.3 Å². The Labute approximate surface area is 172 Å². The van der Waals surface area contributed by atoms with Crippen molar-refractivity contribution in [3.05, 3.63) is 59.9 Å². The Morgan fingerprint density at radius 3 is 2.41 bits per heavy atom. The van der Waals surface area contributed by atoms with Crippen LogP contribution in [0.5, 0.6) is 0 Å². The number of aromatic nitrogens is 1. The summed E-state index contributed by atoms with van der Waals surface area (Å²) in [6.07, 6.45) is 4.16. The van der Waals surface area contributed by atoms with Crippen LogP contribution in [0.25, 0.3) is 0 Å². The molecule has 0 aliphatic carbocycles. The molecule has 2 aromatic rings. The van der Waals surface area contributed by atoms with Crippen molar-refractivity contribution in [1.29, 1.82) is 0 Å². The molecule has 1 unspecified atom stereocenters. The van der Waals surface area contributed by atoms with Crippen LogP contribution in [0.4, 0.5) is 4.79 Å². The van der Waals surface area contributed by atoms with Crippen molar-refractivity contribution in [2.24, 2.45) is 5.92 Å². The summed E-state index contributed by atoms with van der Waals surface area (Å²) in [5.41, 5.74) is 1.18. The van der Waals surface area contributed by atoms with Crippen LogP contribution in [0.3, 0.4) is 0 Å². The van der Waals surface area contributed by atoms with Crippen LogP contribution < -0.4 is 5.32 Å². The molecule has 1 aliphatic rings. The van der Waals surface area contributed by atoms with E-state index in [-0.39, 0.29) is 18.0 Å². The fourth-order valence-electron chi connectivity index (χ4n) is 3.68. The van der Waals surface area contributed by atoms with E-state index in [4.69, 9.17) is 4.74 Å². The van der Waals surface area contributed by atoms with E-state index in [0.717, 1.165) is 24.8 Å². The summed E-state index contributed by atoms with van der Waals surface area (Å²) in [7, 11) is 0. The SMILES string of the molecule is CC(C)(C)OC(=O)N1CCC(CC(NC(=O)c2ccc[nH]2)c2ccccc2)CC1. The van der Waals surface area contributed by atoms with Crippen molar-refractivity contribution in [3.8, 4) is 0 Å². The van der Waals surface area contributed by atoms with E-state index in [9.17, 15) is 9.59 Å². The Morgan fingerprint density at radius 1 is 1.14 bits per heavy atom. The molecular weight excluding hydrogens is 366 g/mol. The number of hydrogen-bond acceptors (Lipinski definition) is 3. The predicted octanol–water partition coefficient (Wildman–Crippen LogP) is 4.52. The third-order valence-electron chi connectivity index (χ3n) is 5.19. The molecule has 2 N–H and O–H groups in total. The lowest BCUT2D eigenvalue weighted by Crippen LogP contribution is -2.42. The van der Waals surface area contributed by atoms with Gasteiger partial charge in [0.25, 0.3) is 5.91 Å². The smallest absolute Gasteiger partial charge is 0.410 e. The van der Waals surface area contributed by atoms with Gasteiger partial charge < -0.3 is 19.9 Å². The number of hydrogen-bond donors (Lipinski definition) is 2. The number of benzene rings is 1. The molecule has 1 aliphatic heterocycles. The Kier molecular flexibility index (Phi) is 6.62. The second-order valence-corrected chi connectivity index (χ2v) is 8.67. The van der Waals surface area contributed by atoms with Crippen molar-refractivity contribution < 1.29 is 14.3 Å². The zero-order chi connectivity index (χ0) is 20.9. The molecule has 0 saturated carbocycles. The van der Waals surface area contributed by atoms with Crippen LogP contribution in [0, 0.1) is 5.92 Å². The molecule has 156 valence electrons. The van der Waals surface area contributed by atoms with Crippen LogP contribution in [-0.2, 0) is 4.74 Å². The first-order chi connectivity index (χ1) is 13.8. The number of aromatic amines is 1. The second-order valence-electron chi connectivity index (χ2n) is 8.67. The van der Waals surface area contributed by atoms with E-state index in [1.165, 1.54) is 0 Å². The van der Waals surface area contributed by atoms with E-state index >= 15 is 0 Å². The number of carbonyl (C=O) groups is 2. The first kappa shape index (κ1) is 21.0. The Hall–Kier alpha value is -2.76. The van der Waals surface area contributed by atoms with Gasteiger partial charge in [-0.2, -0.15) is 0 Å². The second kappa shape index (κ2) is 9.16. The predicted molar refractivity (Wildman–Crippen MR) is 113 cm³/mol. The molecule has 1 atom stereocenters. The monoisotopic (exact) mass is 397 g/mol. The molecular formula is C23H31N3O3. The average molecular weight is 398 g/mol. The van der Waals surface area contributed by atoms with E-state index in [0.29, 0.717) is 24.7 Å². The zero-order valence-electron chi connectivity index (χ0n) is 17.5. The van der Waals surface area contributed by atoms with Crippen LogP contribution >= 0.6 is 0 Å². The van der Waals surface area contributed by atoms with Crippen molar-refractivity contribution in [2.75, 3.05) is 13.1 Å². The Bertz CT molecular complexity index is 789. The van der Waals surface area contributed by atoms with Crippen molar-refractivity contribution in [1.82, 2.24) is 15.2 Å². The highest BCUT2D eigenvalue weighted by atomic mass is 16.6. The minimum absolute atomic E-state index is 0.0647. The standard InChI is InChI=1S/C23H31N3O3/c1-23(2,3)29-22(28)26-14-11-17(12-15-26)16-20(18-8-5-4-6-9-18)25-21(27)19-10-7-13-24-19/h4-10,13,17,20,24H,11-12,14-16H2,1-3H3,(H,25,27). The lowest BCUT2D eigenvalue weighted by atomic mass is 9.87. The molecule has 2 amide bonds. The van der Waals surface area contributed by atoms with E-state index < -0.39 is 5.60 Å². The number of carbonyl (C=O) groups excluding carboxylic acids is 2. The van der Waals surface area contributed by atoms with Crippen LogP contribution in [-0.4, -0.2) is 40.6 Å². The van der Waals surface area contributed by atoms with Gasteiger partial charge in [-0.3, -0.25) is 4.79 Å². The summed E-state index contributed by atoms with van der Waals surface area (Å²) in [5.74, 6) is 0.331. The van der Waals surface area contributed by atoms with E-state index in [1.54, 1.807) is 17.2 Å². The summed E-state index contributed by atoms with van der Waals surface area (Å²) < 4.78 is 5.48. The lowest BCUT2D eigenvalue weighted by Gasteiger charge is -2.35. The lowest BCUT2D eigenvalue weighted by molar-refractivity contribution is 0.0178. The molecule has 29 heavy (non-hydrogen) atoms. The highest BCUT2D eigenvalue weighted by Crippen LogP contribution is 2.29. The average Bonchev–Trinajstić information content (AvgIpc) is 3.22. The summed E-state index contributed by atoms with van der Waals surface area (Å²) in [5, 5.41) is 3.17. The van der Waals surface area contributed by atoms with Gasteiger partial charge >= 0.3 is 6.09 Å². The van der Waals surface area contributed by atoms with Gasteiger partial charge in [0, 0.05) is 19.3 Å². The number of amides is 2. The molecule has 1 aromatic carbocycles. The van der Waals surface area contributed by atoms with Crippen molar-refractivity contribution in [2.45, 2.75) is 51.7 Å². The maximum Gasteiger partial charge on any atom is 0.410 e. The first-order valence-corrected chi connectivity index (χ1v) is 10.3. The highest BCUT2D eigenvalue weighted by molar-refractivity contribution is 5.92. The maximum absolute atomic E-state index is 12.6. The quantitative estimate of drug-likeness (QED) is 0.779. The number of likely N-dealkylation sites (tertiary alicyclic amines) is 1. The van der Waals surface area contributed by atoms with Gasteiger partial charge in [-0.05, 0) is 63.6 Å². The third kappa shape index (κ3) is 6.11. The number of piperidine rings is 1. The summed E-state index contributed by atoms with van der Waals surface area (Å²) in [6.45, 7) is 7.02. The highest BCUT2D eigenvalue weighted by Gasteiger charge is 2.29. The molecule has 0 spiro atoms. The Balaban J connectivity index is 1.60. The van der Waals surface area contributed by atoms with Crippen LogP contribution in [0.2, 0.25) is 0 Å². The molecule has 1 aromatic heterocycles. The minimum Gasteiger partial charge on any atom is -0.444 e. The van der Waals surface area contributed by atoms with Crippen LogP contribution in [0.15, 0.2) is 48.7 Å². The van der Waals surface area contributed by atoms with Gasteiger partial charge in [-0.1, -0.05) is 30.3 Å². The fraction of sp³-hybridized carbons (Fsp3) is 0.478. The summed E-state index contributed by atoms with van der Waals surface area (Å²) >= 11 is 0. The first-order valence-electron chi connectivity index (χ1n) is 10.3. The summed E-state index contributed by atoms with van der Waals surface area (Å²) in [6, 6.07) is 13.6. The number of nitrogens with zero attached hydrogens (tertiary/aromatic N) is 1. The number of ether oxygens (including phenoxy) is 1. The maximum atomic E-state index is 12.6.